The van der Waals surface area contributed by atoms with Gasteiger partial charge in [-0.1, -0.05) is 0 Å². The van der Waals surface area contributed by atoms with Gasteiger partial charge in [0, 0.05) is 12.7 Å². The molecule has 0 saturated heterocycles. The first kappa shape index (κ1) is 37.2. The molecular formula is C24H33I3MgO4. The first-order valence-corrected chi connectivity index (χ1v) is 11.7. The summed E-state index contributed by atoms with van der Waals surface area (Å²) in [7, 11) is 0. The van der Waals surface area contributed by atoms with Crippen LogP contribution in [0.2, 0.25) is 0 Å². The number of hydrogen-bond acceptors (Lipinski definition) is 4. The van der Waals surface area contributed by atoms with Crippen LogP contribution in [0.15, 0.2) is 24.3 Å². The van der Waals surface area contributed by atoms with E-state index in [4.69, 9.17) is 9.47 Å². The van der Waals surface area contributed by atoms with Crippen molar-refractivity contribution >= 4 is 74.5 Å². The number of benzene rings is 2. The van der Waals surface area contributed by atoms with Crippen molar-refractivity contribution in [3.8, 4) is 11.5 Å². The van der Waals surface area contributed by atoms with E-state index < -0.39 is 6.10 Å². The fourth-order valence-corrected chi connectivity index (χ4v) is 4.33. The van der Waals surface area contributed by atoms with Crippen molar-refractivity contribution in [2.45, 2.75) is 66.8 Å². The zero-order valence-electron chi connectivity index (χ0n) is 20.1. The van der Waals surface area contributed by atoms with Crippen molar-refractivity contribution in [3.63, 3.8) is 0 Å². The third kappa shape index (κ3) is 12.4. The molecule has 0 heterocycles. The van der Waals surface area contributed by atoms with Crippen molar-refractivity contribution in [2.24, 2.45) is 0 Å². The Morgan fingerprint density at radius 3 is 1.62 bits per heavy atom. The Morgan fingerprint density at radius 2 is 1.25 bits per heavy atom. The zero-order chi connectivity index (χ0) is 22.3. The van der Waals surface area contributed by atoms with E-state index in [1.165, 1.54) is 0 Å². The fraction of sp³-hybridized carbons (Fsp3) is 0.417. The van der Waals surface area contributed by atoms with Crippen LogP contribution in [-0.2, 0) is 0 Å². The number of aldehydes is 1. The zero-order valence-corrected chi connectivity index (χ0v) is 28.0. The van der Waals surface area contributed by atoms with Gasteiger partial charge in [0.05, 0.1) is 18.3 Å². The second kappa shape index (κ2) is 18.0. The standard InChI is InChI=1S/C12H17IO2.C11H13IO2.CH3.HI.Mg/c1-7(2)15-12-6-10(9(4)14)11(13)5-8(12)3;1-7(2)14-11-5-9(6-13)10(12)4-8(11)3;;;/h5-7,9,14H,1-4H3;4-7H,1-3H3;1H3;1H;/q;;-1;;+2/p-1. The molecule has 0 fully saturated rings. The fourth-order valence-electron chi connectivity index (χ4n) is 2.51. The summed E-state index contributed by atoms with van der Waals surface area (Å²) < 4.78 is 13.3. The summed E-state index contributed by atoms with van der Waals surface area (Å²) in [6.45, 7) is 13.7. The van der Waals surface area contributed by atoms with E-state index in [-0.39, 0.29) is 66.7 Å². The van der Waals surface area contributed by atoms with Crippen LogP contribution in [0.25, 0.3) is 0 Å². The van der Waals surface area contributed by atoms with Gasteiger partial charge in [0.15, 0.2) is 6.29 Å². The molecule has 2 aromatic carbocycles. The monoisotopic (exact) mass is 790 g/mol. The maximum Gasteiger partial charge on any atom is 2.00 e. The van der Waals surface area contributed by atoms with Gasteiger partial charge < -0.3 is 46.0 Å². The molecule has 1 atom stereocenters. The molecule has 0 aliphatic carbocycles. The van der Waals surface area contributed by atoms with Crippen LogP contribution >= 0.6 is 45.2 Å². The van der Waals surface area contributed by atoms with Crippen molar-refractivity contribution in [2.75, 3.05) is 0 Å². The molecule has 1 N–H and O–H groups in total. The first-order valence-electron chi connectivity index (χ1n) is 9.53. The molecule has 32 heavy (non-hydrogen) atoms. The van der Waals surface area contributed by atoms with E-state index in [9.17, 15) is 9.90 Å². The number of aliphatic hydroxyl groups excluding tert-OH is 1. The Bertz CT molecular complexity index is 840. The Morgan fingerprint density at radius 1 is 0.844 bits per heavy atom. The van der Waals surface area contributed by atoms with E-state index in [1.54, 1.807) is 13.0 Å². The SMILES string of the molecule is Cc1cc(I)c(C(C)O)cc1OC(C)C.Cc1cc(I)c(C=O)cc1OC(C)C.[CH3-].[I-].[Mg+2]. The number of halogens is 3. The minimum atomic E-state index is -0.452. The Hall–Kier alpha value is 0.626. The van der Waals surface area contributed by atoms with Crippen LogP contribution in [0.5, 0.6) is 11.5 Å². The molecule has 0 radical (unpaired) electrons. The molecule has 8 heteroatoms. The number of rotatable bonds is 6. The Balaban J connectivity index is -0.000000481. The van der Waals surface area contributed by atoms with E-state index >= 15 is 0 Å². The number of ether oxygens (including phenoxy) is 2. The van der Waals surface area contributed by atoms with Gasteiger partial charge in [0.2, 0.25) is 0 Å². The van der Waals surface area contributed by atoms with Crippen LogP contribution in [0.1, 0.15) is 67.8 Å². The third-order valence-electron chi connectivity index (χ3n) is 3.89. The summed E-state index contributed by atoms with van der Waals surface area (Å²) in [4.78, 5) is 10.7. The van der Waals surface area contributed by atoms with Gasteiger partial charge in [-0.15, -0.1) is 0 Å². The number of carbonyl (C=O) groups is 1. The first-order chi connectivity index (χ1) is 13.5. The molecule has 176 valence electrons. The molecule has 0 aromatic heterocycles. The molecule has 0 aliphatic heterocycles. The summed E-state index contributed by atoms with van der Waals surface area (Å²) in [5.74, 6) is 1.66. The molecule has 1 unspecified atom stereocenters. The molecular weight excluding hydrogens is 757 g/mol. The molecule has 0 bridgehead atoms. The Labute approximate surface area is 254 Å². The van der Waals surface area contributed by atoms with Crippen LogP contribution < -0.4 is 33.5 Å². The number of carbonyl (C=O) groups excluding carboxylic acids is 1. The molecule has 0 saturated carbocycles. The van der Waals surface area contributed by atoms with Crippen molar-refractivity contribution in [1.82, 2.24) is 0 Å². The second-order valence-corrected chi connectivity index (χ2v) is 9.73. The molecule has 0 spiro atoms. The van der Waals surface area contributed by atoms with Crippen molar-refractivity contribution in [1.29, 1.82) is 0 Å². The van der Waals surface area contributed by atoms with Gasteiger partial charge in [-0.05, 0) is 135 Å². The van der Waals surface area contributed by atoms with Gasteiger partial charge in [-0.2, -0.15) is 0 Å². The van der Waals surface area contributed by atoms with E-state index in [2.05, 4.69) is 45.2 Å². The minimum Gasteiger partial charge on any atom is -1.00 e. The van der Waals surface area contributed by atoms with Gasteiger partial charge in [-0.3, -0.25) is 4.79 Å². The summed E-state index contributed by atoms with van der Waals surface area (Å²) in [5, 5.41) is 9.59. The molecule has 2 aromatic rings. The van der Waals surface area contributed by atoms with Crippen molar-refractivity contribution < 1.29 is 43.4 Å². The molecule has 2 rings (SSSR count). The Kier molecular flexibility index (Phi) is 20.9. The van der Waals surface area contributed by atoms with E-state index in [0.717, 1.165) is 41.6 Å². The average molecular weight is 791 g/mol. The largest absolute Gasteiger partial charge is 2.00 e. The predicted octanol–water partition coefficient (Wildman–Crippen LogP) is 3.71. The number of aryl methyl sites for hydroxylation is 2. The number of hydrogen-bond donors (Lipinski definition) is 1. The van der Waals surface area contributed by atoms with E-state index in [1.807, 2.05) is 59.7 Å². The van der Waals surface area contributed by atoms with Crippen LogP contribution in [0.3, 0.4) is 0 Å². The molecule has 4 nitrogen and oxygen atoms in total. The second-order valence-electron chi connectivity index (χ2n) is 7.41. The smallest absolute Gasteiger partial charge is 1.00 e. The number of aliphatic hydroxyl groups is 1. The van der Waals surface area contributed by atoms with Gasteiger partial charge in [0.1, 0.15) is 11.5 Å². The summed E-state index contributed by atoms with van der Waals surface area (Å²) >= 11 is 4.39. The van der Waals surface area contributed by atoms with Gasteiger partial charge >= 0.3 is 23.1 Å². The minimum absolute atomic E-state index is 0. The topological polar surface area (TPSA) is 55.8 Å². The van der Waals surface area contributed by atoms with Crippen LogP contribution in [0, 0.1) is 28.4 Å². The average Bonchev–Trinajstić information content (AvgIpc) is 2.59. The van der Waals surface area contributed by atoms with Crippen LogP contribution in [0.4, 0.5) is 0 Å². The maximum absolute atomic E-state index is 10.7. The quantitative estimate of drug-likeness (QED) is 0.210. The van der Waals surface area contributed by atoms with Crippen LogP contribution in [-0.4, -0.2) is 46.7 Å². The van der Waals surface area contributed by atoms with Crippen molar-refractivity contribution in [3.05, 3.63) is 61.1 Å². The summed E-state index contributed by atoms with van der Waals surface area (Å²) in [5.41, 5.74) is 3.79. The van der Waals surface area contributed by atoms with Gasteiger partial charge in [-0.25, -0.2) is 0 Å². The summed E-state index contributed by atoms with van der Waals surface area (Å²) in [6, 6.07) is 7.73. The third-order valence-corrected chi connectivity index (χ3v) is 5.76. The molecule has 0 amide bonds. The summed E-state index contributed by atoms with van der Waals surface area (Å²) in [6.07, 6.45) is 0.694. The molecule has 0 aliphatic rings. The predicted molar refractivity (Wildman–Crippen MR) is 148 cm³/mol. The maximum atomic E-state index is 10.7. The van der Waals surface area contributed by atoms with Gasteiger partial charge in [0.25, 0.3) is 0 Å². The van der Waals surface area contributed by atoms with E-state index in [0.29, 0.717) is 5.56 Å². The normalized spacial score (nSPS) is 10.6.